The Morgan fingerprint density at radius 3 is 1.45 bits per heavy atom. The van der Waals surface area contributed by atoms with Gasteiger partial charge in [0.15, 0.2) is 24.6 Å². The van der Waals surface area contributed by atoms with E-state index in [2.05, 4.69) is 26.3 Å². The van der Waals surface area contributed by atoms with Crippen molar-refractivity contribution in [2.75, 3.05) is 13.7 Å². The van der Waals surface area contributed by atoms with Crippen molar-refractivity contribution in [1.82, 2.24) is 0 Å². The molecule has 1 fully saturated rings. The summed E-state index contributed by atoms with van der Waals surface area (Å²) < 4.78 is 32.6. The summed E-state index contributed by atoms with van der Waals surface area (Å²) in [5.41, 5.74) is 0.267. The van der Waals surface area contributed by atoms with E-state index in [1.165, 1.54) is 34.8 Å². The summed E-state index contributed by atoms with van der Waals surface area (Å²) in [6, 6.07) is 0. The van der Waals surface area contributed by atoms with E-state index in [0.29, 0.717) is 0 Å². The van der Waals surface area contributed by atoms with Gasteiger partial charge in [-0.1, -0.05) is 26.3 Å². The van der Waals surface area contributed by atoms with Gasteiger partial charge in [0, 0.05) is 29.4 Å². The Hall–Kier alpha value is -3.24. The summed E-state index contributed by atoms with van der Waals surface area (Å²) in [4.78, 5) is 48.9. The molecule has 1 aliphatic heterocycles. The van der Waals surface area contributed by atoms with Gasteiger partial charge in [0.2, 0.25) is 0 Å². The van der Waals surface area contributed by atoms with E-state index in [1.807, 2.05) is 0 Å². The molecule has 0 aromatic rings. The smallest absolute Gasteiger partial charge is 0.333 e. The van der Waals surface area contributed by atoms with Gasteiger partial charge in [-0.05, 0) is 27.7 Å². The number of hydrogen-bond donors (Lipinski definition) is 0. The summed E-state index contributed by atoms with van der Waals surface area (Å²) in [7, 11) is 1.26. The van der Waals surface area contributed by atoms with Crippen LogP contribution in [0, 0.1) is 0 Å². The average molecular weight is 466 g/mol. The van der Waals surface area contributed by atoms with E-state index >= 15 is 0 Å². The lowest BCUT2D eigenvalue weighted by molar-refractivity contribution is -0.301. The number of hydrogen-bond acceptors (Lipinski definition) is 10. The second kappa shape index (κ2) is 12.1. The van der Waals surface area contributed by atoms with Gasteiger partial charge in [0.1, 0.15) is 12.7 Å². The number of esters is 4. The number of rotatable bonds is 10. The maximum absolute atomic E-state index is 12.4. The molecule has 0 radical (unpaired) electrons. The molecular formula is C23H30O10. The SMILES string of the molecule is C=C(C)C(=O)OCC1O[C@@H](OC)C(OC(=O)C(=C)C)[C@@H](OC(=O)C(=C)C)[C@@H]1OC(=O)C(=C)C. The lowest BCUT2D eigenvalue weighted by atomic mass is 9.97. The molecule has 1 rings (SSSR count). The Bertz CT molecular complexity index is 855. The molecule has 1 saturated heterocycles. The number of carbonyl (C=O) groups is 4. The molecule has 2 unspecified atom stereocenters. The minimum absolute atomic E-state index is 0.0377. The maximum atomic E-state index is 12.4. The minimum Gasteiger partial charge on any atom is -0.459 e. The van der Waals surface area contributed by atoms with Crippen LogP contribution >= 0.6 is 0 Å². The normalized spacial score (nSPS) is 24.1. The van der Waals surface area contributed by atoms with Crippen LogP contribution in [-0.4, -0.2) is 68.3 Å². The Morgan fingerprint density at radius 2 is 1.06 bits per heavy atom. The molecule has 10 heteroatoms. The molecule has 0 bridgehead atoms. The molecule has 1 aliphatic rings. The highest BCUT2D eigenvalue weighted by Gasteiger charge is 2.53. The van der Waals surface area contributed by atoms with Gasteiger partial charge < -0.3 is 28.4 Å². The van der Waals surface area contributed by atoms with E-state index in [4.69, 9.17) is 28.4 Å². The first kappa shape index (κ1) is 27.8. The van der Waals surface area contributed by atoms with E-state index in [1.54, 1.807) is 0 Å². The van der Waals surface area contributed by atoms with Crippen LogP contribution in [0.4, 0.5) is 0 Å². The molecule has 10 nitrogen and oxygen atoms in total. The van der Waals surface area contributed by atoms with E-state index in [9.17, 15) is 19.2 Å². The first-order valence-corrected chi connectivity index (χ1v) is 9.90. The molecule has 1 heterocycles. The van der Waals surface area contributed by atoms with Crippen LogP contribution in [0.25, 0.3) is 0 Å². The van der Waals surface area contributed by atoms with Gasteiger partial charge in [-0.15, -0.1) is 0 Å². The third kappa shape index (κ3) is 7.69. The van der Waals surface area contributed by atoms with Crippen molar-refractivity contribution in [3.63, 3.8) is 0 Å². The van der Waals surface area contributed by atoms with Crippen molar-refractivity contribution in [3.05, 3.63) is 48.6 Å². The second-order valence-electron chi connectivity index (χ2n) is 7.61. The Labute approximate surface area is 192 Å². The quantitative estimate of drug-likeness (QED) is 0.268. The molecule has 182 valence electrons. The summed E-state index contributed by atoms with van der Waals surface area (Å²) in [5, 5.41) is 0. The molecule has 33 heavy (non-hydrogen) atoms. The molecule has 0 aliphatic carbocycles. The second-order valence-corrected chi connectivity index (χ2v) is 7.61. The molecular weight excluding hydrogens is 436 g/mol. The molecule has 0 spiro atoms. The zero-order valence-corrected chi connectivity index (χ0v) is 19.5. The van der Waals surface area contributed by atoms with Gasteiger partial charge >= 0.3 is 23.9 Å². The number of carbonyl (C=O) groups excluding carboxylic acids is 4. The maximum Gasteiger partial charge on any atom is 0.333 e. The highest BCUT2D eigenvalue weighted by molar-refractivity contribution is 5.89. The fraction of sp³-hybridized carbons (Fsp3) is 0.478. The van der Waals surface area contributed by atoms with Gasteiger partial charge in [-0.25, -0.2) is 19.2 Å². The third-order valence-corrected chi connectivity index (χ3v) is 4.33. The van der Waals surface area contributed by atoms with Crippen LogP contribution in [0.3, 0.4) is 0 Å². The monoisotopic (exact) mass is 466 g/mol. The molecule has 5 atom stereocenters. The highest BCUT2D eigenvalue weighted by Crippen LogP contribution is 2.30. The van der Waals surface area contributed by atoms with Crippen LogP contribution in [0.15, 0.2) is 48.6 Å². The molecule has 0 N–H and O–H groups in total. The molecule has 0 amide bonds. The van der Waals surface area contributed by atoms with Gasteiger partial charge in [-0.3, -0.25) is 0 Å². The van der Waals surface area contributed by atoms with E-state index in [-0.39, 0.29) is 22.3 Å². The predicted octanol–water partition coefficient (Wildman–Crippen LogP) is 1.94. The number of methoxy groups -OCH3 is 1. The summed E-state index contributed by atoms with van der Waals surface area (Å²) in [6.45, 7) is 19.3. The van der Waals surface area contributed by atoms with Crippen molar-refractivity contribution in [1.29, 1.82) is 0 Å². The van der Waals surface area contributed by atoms with Gasteiger partial charge in [-0.2, -0.15) is 0 Å². The van der Waals surface area contributed by atoms with Gasteiger partial charge in [0.05, 0.1) is 0 Å². The predicted molar refractivity (Wildman–Crippen MR) is 116 cm³/mol. The lowest BCUT2D eigenvalue weighted by Gasteiger charge is -2.44. The third-order valence-electron chi connectivity index (χ3n) is 4.33. The van der Waals surface area contributed by atoms with Crippen LogP contribution in [-0.2, 0) is 47.6 Å². The summed E-state index contributed by atoms with van der Waals surface area (Å²) in [6.07, 6.45) is -6.58. The Kier molecular flexibility index (Phi) is 10.2. The fourth-order valence-electron chi connectivity index (χ4n) is 2.56. The molecule has 0 saturated carbocycles. The zero-order chi connectivity index (χ0) is 25.5. The van der Waals surface area contributed by atoms with E-state index in [0.717, 1.165) is 0 Å². The minimum atomic E-state index is -1.41. The van der Waals surface area contributed by atoms with Gasteiger partial charge in [0.25, 0.3) is 0 Å². The Morgan fingerprint density at radius 1 is 0.667 bits per heavy atom. The van der Waals surface area contributed by atoms with Crippen LogP contribution in [0.5, 0.6) is 0 Å². The highest BCUT2D eigenvalue weighted by atomic mass is 16.7. The standard InChI is InChI=1S/C23H30O10/c1-11(2)19(24)29-10-15-16(31-20(25)12(3)4)17(32-21(26)13(5)6)18(23(28-9)30-15)33-22(27)14(7)8/h15-18,23H,1,3,5,7,10H2,2,4,6,8-9H3/t15?,16-,17+,18?,23-/m1/s1. The van der Waals surface area contributed by atoms with Crippen molar-refractivity contribution in [2.45, 2.75) is 58.4 Å². The average Bonchev–Trinajstić information content (AvgIpc) is 2.73. The van der Waals surface area contributed by atoms with E-state index < -0.39 is 61.2 Å². The van der Waals surface area contributed by atoms with Crippen LogP contribution in [0.1, 0.15) is 27.7 Å². The summed E-state index contributed by atoms with van der Waals surface area (Å²) >= 11 is 0. The van der Waals surface area contributed by atoms with Crippen molar-refractivity contribution in [2.24, 2.45) is 0 Å². The van der Waals surface area contributed by atoms with Crippen LogP contribution < -0.4 is 0 Å². The molecule has 0 aromatic carbocycles. The lowest BCUT2D eigenvalue weighted by Crippen LogP contribution is -2.63. The first-order valence-electron chi connectivity index (χ1n) is 9.90. The molecule has 0 aromatic heterocycles. The fourth-order valence-corrected chi connectivity index (χ4v) is 2.56. The summed E-state index contributed by atoms with van der Waals surface area (Å²) in [5.74, 6) is -3.22. The van der Waals surface area contributed by atoms with Crippen molar-refractivity contribution in [3.8, 4) is 0 Å². The zero-order valence-electron chi connectivity index (χ0n) is 19.5. The van der Waals surface area contributed by atoms with Crippen molar-refractivity contribution >= 4 is 23.9 Å². The first-order chi connectivity index (χ1) is 15.3. The largest absolute Gasteiger partial charge is 0.459 e. The topological polar surface area (TPSA) is 124 Å². The van der Waals surface area contributed by atoms with Crippen molar-refractivity contribution < 1.29 is 47.6 Å². The number of ether oxygens (including phenoxy) is 6. The Balaban J connectivity index is 3.45. The van der Waals surface area contributed by atoms with Crippen LogP contribution in [0.2, 0.25) is 0 Å².